The van der Waals surface area contributed by atoms with E-state index in [0.29, 0.717) is 68.2 Å². The Balaban J connectivity index is 0.000000249. The Morgan fingerprint density at radius 1 is 0.615 bits per heavy atom. The summed E-state index contributed by atoms with van der Waals surface area (Å²) in [4.78, 5) is 58.1. The first kappa shape index (κ1) is 82.6. The van der Waals surface area contributed by atoms with E-state index < -0.39 is 25.3 Å². The smallest absolute Gasteiger partial charge is 0.537 e. The van der Waals surface area contributed by atoms with E-state index in [9.17, 15) is 36.3 Å². The van der Waals surface area contributed by atoms with Gasteiger partial charge >= 0.3 is 13.8 Å². The second kappa shape index (κ2) is 39.1. The molecule has 4 N–H and O–H groups in total. The zero-order chi connectivity index (χ0) is 70.2. The summed E-state index contributed by atoms with van der Waals surface area (Å²) in [7, 11) is -5.83. The average Bonchev–Trinajstić information content (AvgIpc) is 1.62. The van der Waals surface area contributed by atoms with Crippen LogP contribution in [-0.2, 0) is 43.5 Å². The van der Waals surface area contributed by atoms with Crippen molar-refractivity contribution in [2.24, 2.45) is 0 Å². The van der Waals surface area contributed by atoms with Crippen LogP contribution in [0.2, 0.25) is 5.15 Å². The summed E-state index contributed by atoms with van der Waals surface area (Å²) in [5.74, 6) is 1.73. The highest BCUT2D eigenvalue weighted by Crippen LogP contribution is 2.38. The first-order valence-corrected chi connectivity index (χ1v) is 38.1. The molecular weight excluding hydrogens is 1490 g/mol. The molecule has 0 bridgehead atoms. The SMILES string of the molecule is Brc1csc2c(OC3CCNCC3)ncnc12.C.CC(C)(C)OC(=O)N1CCC(O)CC1.CC(C)(C)OC=O.CC(C)(C)OC=O.CS(=O)(=O)c1ccc(-c2csc3c(OC4CCNCC4)ncnc23)cc1.CS(=O)(=O)c1ccc(O[B]O)cc1.Clc1ncnc2c(Br)csc12. The van der Waals surface area contributed by atoms with Gasteiger partial charge in [0.1, 0.15) is 79.3 Å². The van der Waals surface area contributed by atoms with Crippen LogP contribution in [0.1, 0.15) is 108 Å². The third-order valence-corrected chi connectivity index (χ3v) is 20.3. The lowest BCUT2D eigenvalue weighted by Gasteiger charge is -2.31. The lowest BCUT2D eigenvalue weighted by atomic mass is 10.1. The fraction of sp³-hybridized carbons (Fsp3) is 0.476. The second-order valence-corrected chi connectivity index (χ2v) is 32.9. The van der Waals surface area contributed by atoms with E-state index in [0.717, 1.165) is 115 Å². The van der Waals surface area contributed by atoms with Gasteiger partial charge in [0.15, 0.2) is 19.7 Å². The first-order chi connectivity index (χ1) is 44.7. The van der Waals surface area contributed by atoms with E-state index in [2.05, 4.69) is 86.5 Å². The Bertz CT molecular complexity index is 3910. The number of halogens is 3. The molecule has 3 saturated heterocycles. The monoisotopic (exact) mass is 1570 g/mol. The fourth-order valence-electron chi connectivity index (χ4n) is 8.31. The fourth-order valence-corrected chi connectivity index (χ4v) is 13.8. The van der Waals surface area contributed by atoms with Gasteiger partial charge in [-0.2, -0.15) is 0 Å². The standard InChI is InChI=1S/C18H19N3O3S2.C11H12BrN3OS.C10H19NO3.C7H8BO4S.C6H2BrClN2S.2C5H10O2.CH4/c1-26(22,23)14-4-2-12(3-5-14)15-10-25-17-16(15)20-11-21-18(17)24-13-6-8-19-9-7-13;12-8-5-17-10-9(8)14-6-15-11(10)16-7-1-3-13-4-2-7;1-10(2,3)14-9(13)11-6-4-8(12)5-7-11;1-13(10,11)7-4-2-6(3-5-7)12-8-9;7-3-1-11-5-4(3)9-2-10-6(5)8;2*1-5(2,3)7-4-6;/h2-5,10-11,13,19H,6-9H2,1H3;5-7,13H,1-4H2;8,12H,4-7H2,1-3H3;2-5,9H,1H3;1-2H;2*4H,1-3H3;1H4. The summed E-state index contributed by atoms with van der Waals surface area (Å²) in [5.41, 5.74) is 3.47. The number of nitrogens with zero attached hydrogens (tertiary/aromatic N) is 7. The summed E-state index contributed by atoms with van der Waals surface area (Å²) in [5, 5.41) is 30.7. The predicted octanol–water partition coefficient (Wildman–Crippen LogP) is 12.5. The van der Waals surface area contributed by atoms with Crippen molar-refractivity contribution in [1.82, 2.24) is 45.4 Å². The molecule has 1 amide bonds. The van der Waals surface area contributed by atoms with Crippen LogP contribution in [0.15, 0.2) is 102 Å². The van der Waals surface area contributed by atoms with Crippen molar-refractivity contribution < 1.29 is 69.7 Å². The molecule has 2 aromatic carbocycles. The Morgan fingerprint density at radius 2 is 1.02 bits per heavy atom. The number of benzene rings is 2. The number of ether oxygens (including phenoxy) is 5. The quantitative estimate of drug-likeness (QED) is 0.0404. The van der Waals surface area contributed by atoms with Crippen molar-refractivity contribution >= 4 is 155 Å². The van der Waals surface area contributed by atoms with E-state index >= 15 is 0 Å². The van der Waals surface area contributed by atoms with E-state index in [4.69, 9.17) is 30.8 Å². The first-order valence-electron chi connectivity index (χ1n) is 29.7. The molecular formula is C63H84BBr2ClN9O15S5. The summed E-state index contributed by atoms with van der Waals surface area (Å²) in [6.45, 7) is 22.5. The lowest BCUT2D eigenvalue weighted by molar-refractivity contribution is -0.139. The number of sulfone groups is 2. The number of aliphatic hydroxyl groups is 1. The predicted molar refractivity (Wildman–Crippen MR) is 386 cm³/mol. The number of nitrogens with one attached hydrogen (secondary N) is 2. The highest BCUT2D eigenvalue weighted by atomic mass is 79.9. The minimum absolute atomic E-state index is 0. The summed E-state index contributed by atoms with van der Waals surface area (Å²) >= 11 is 17.4. The Morgan fingerprint density at radius 3 is 1.43 bits per heavy atom. The van der Waals surface area contributed by atoms with Gasteiger partial charge in [0.05, 0.1) is 35.1 Å². The number of carbonyl (C=O) groups excluding carboxylic acids is 3. The minimum Gasteiger partial charge on any atom is -0.537 e. The molecule has 0 spiro atoms. The number of aliphatic hydroxyl groups excluding tert-OH is 1. The highest BCUT2D eigenvalue weighted by Gasteiger charge is 2.26. The van der Waals surface area contributed by atoms with Gasteiger partial charge in [-0.05, 0) is 201 Å². The largest absolute Gasteiger partial charge is 0.569 e. The maximum atomic E-state index is 11.6. The van der Waals surface area contributed by atoms with Crippen LogP contribution in [0.3, 0.4) is 0 Å². The lowest BCUT2D eigenvalue weighted by Crippen LogP contribution is -2.42. The minimum atomic E-state index is -3.20. The van der Waals surface area contributed by atoms with Gasteiger partial charge in [0.2, 0.25) is 11.8 Å². The molecule has 6 aromatic heterocycles. The Hall–Kier alpha value is -5.78. The molecule has 0 saturated carbocycles. The maximum absolute atomic E-state index is 11.6. The number of hydrogen-bond donors (Lipinski definition) is 4. The second-order valence-electron chi connectivity index (χ2n) is 24.1. The summed E-state index contributed by atoms with van der Waals surface area (Å²) in [6.07, 6.45) is 12.1. The molecule has 96 heavy (non-hydrogen) atoms. The number of aromatic nitrogens is 6. The van der Waals surface area contributed by atoms with Gasteiger partial charge in [-0.15, -0.1) is 34.0 Å². The van der Waals surface area contributed by atoms with Crippen molar-refractivity contribution in [3.05, 3.63) is 97.8 Å². The van der Waals surface area contributed by atoms with Crippen molar-refractivity contribution in [1.29, 1.82) is 0 Å². The molecule has 3 aliphatic heterocycles. The van der Waals surface area contributed by atoms with Gasteiger partial charge in [-0.3, -0.25) is 9.59 Å². The molecule has 11 rings (SSSR count). The van der Waals surface area contributed by atoms with Crippen LogP contribution in [0.5, 0.6) is 17.5 Å². The van der Waals surface area contributed by atoms with Crippen molar-refractivity contribution in [3.8, 4) is 28.6 Å². The average molecular weight is 1570 g/mol. The van der Waals surface area contributed by atoms with Crippen LogP contribution in [0.4, 0.5) is 4.79 Å². The Kier molecular flexibility index (Phi) is 33.7. The van der Waals surface area contributed by atoms with Gasteiger partial charge in [0, 0.05) is 47.3 Å². The van der Waals surface area contributed by atoms with Crippen LogP contribution in [0, 0.1) is 0 Å². The van der Waals surface area contributed by atoms with Crippen LogP contribution in [0.25, 0.3) is 41.8 Å². The number of fused-ring (bicyclic) bond motifs is 3. The van der Waals surface area contributed by atoms with Gasteiger partial charge < -0.3 is 54.0 Å². The number of piperidine rings is 3. The van der Waals surface area contributed by atoms with Gasteiger partial charge in [-0.1, -0.05) is 31.2 Å². The number of rotatable bonds is 11. The molecule has 24 nitrogen and oxygen atoms in total. The number of hydrogen-bond acceptors (Lipinski definition) is 26. The third-order valence-electron chi connectivity index (χ3n) is 12.9. The van der Waals surface area contributed by atoms with E-state index in [1.54, 1.807) is 46.0 Å². The zero-order valence-corrected chi connectivity index (χ0v) is 62.5. The van der Waals surface area contributed by atoms with Crippen LogP contribution >= 0.6 is 77.5 Å². The molecule has 0 atom stereocenters. The van der Waals surface area contributed by atoms with Gasteiger partial charge in [-0.25, -0.2) is 51.5 Å². The number of thiophene rings is 3. The molecule has 8 aromatic rings. The molecule has 33 heteroatoms. The van der Waals surface area contributed by atoms with E-state index in [1.165, 1.54) is 54.5 Å². The van der Waals surface area contributed by atoms with E-state index in [-0.39, 0.29) is 47.9 Å². The molecule has 3 fully saturated rings. The van der Waals surface area contributed by atoms with Crippen LogP contribution < -0.4 is 24.8 Å². The number of amides is 1. The zero-order valence-electron chi connectivity index (χ0n) is 54.5. The molecule has 0 unspecified atom stereocenters. The topological polar surface area (TPSA) is 320 Å². The Labute approximate surface area is 596 Å². The third kappa shape index (κ3) is 28.6. The number of likely N-dealkylation sites (tertiary alicyclic amines) is 1. The summed E-state index contributed by atoms with van der Waals surface area (Å²) in [6, 6.07) is 12.6. The molecule has 9 heterocycles. The van der Waals surface area contributed by atoms with E-state index in [1.807, 2.05) is 90.6 Å². The molecule has 0 aliphatic carbocycles. The number of carbonyl (C=O) groups is 3. The normalized spacial score (nSPS) is 14.6. The highest BCUT2D eigenvalue weighted by molar-refractivity contribution is 9.11. The molecule has 3 aliphatic rings. The van der Waals surface area contributed by atoms with Crippen molar-refractivity contribution in [2.75, 3.05) is 51.8 Å². The van der Waals surface area contributed by atoms with Crippen molar-refractivity contribution in [2.45, 2.75) is 153 Å². The molecule has 1 radical (unpaired) electrons. The molecule has 525 valence electrons. The van der Waals surface area contributed by atoms with Crippen LogP contribution in [-0.4, -0.2) is 175 Å². The maximum Gasteiger partial charge on any atom is 0.569 e. The van der Waals surface area contributed by atoms with Gasteiger partial charge in [0.25, 0.3) is 12.9 Å². The van der Waals surface area contributed by atoms with Crippen molar-refractivity contribution in [3.63, 3.8) is 0 Å². The summed E-state index contributed by atoms with van der Waals surface area (Å²) < 4.78 is 81.2.